The lowest BCUT2D eigenvalue weighted by Gasteiger charge is -2.54. The molecule has 4 fully saturated rings. The topological polar surface area (TPSA) is 61.8 Å². The normalized spacial score (nSPS) is 38.9. The minimum absolute atomic E-state index is 0.173. The molecule has 2 aliphatic heterocycles. The van der Waals surface area contributed by atoms with Crippen LogP contribution in [0.2, 0.25) is 0 Å². The van der Waals surface area contributed by atoms with Gasteiger partial charge in [-0.25, -0.2) is 4.79 Å². The zero-order chi connectivity index (χ0) is 24.6. The van der Waals surface area contributed by atoms with Crippen molar-refractivity contribution in [2.45, 2.75) is 102 Å². The molecule has 2 saturated carbocycles. The van der Waals surface area contributed by atoms with Gasteiger partial charge >= 0.3 is 11.9 Å². The first-order valence-corrected chi connectivity index (χ1v) is 13.7. The molecule has 2 aliphatic carbocycles. The van der Waals surface area contributed by atoms with Gasteiger partial charge in [-0.2, -0.15) is 0 Å². The van der Waals surface area contributed by atoms with Crippen molar-refractivity contribution < 1.29 is 23.8 Å². The number of benzene rings is 1. The van der Waals surface area contributed by atoms with Crippen molar-refractivity contribution in [2.24, 2.45) is 23.7 Å². The lowest BCUT2D eigenvalue weighted by Crippen LogP contribution is -2.63. The summed E-state index contributed by atoms with van der Waals surface area (Å²) in [6.07, 6.45) is 11.6. The Morgan fingerprint density at radius 1 is 1.06 bits per heavy atom. The lowest BCUT2D eigenvalue weighted by atomic mass is 9.66. The summed E-state index contributed by atoms with van der Waals surface area (Å²) in [4.78, 5) is 25.7. The molecule has 4 aliphatic rings. The largest absolute Gasteiger partial charge is 0.459 e. The predicted molar refractivity (Wildman–Crippen MR) is 134 cm³/mol. The van der Waals surface area contributed by atoms with E-state index in [2.05, 4.69) is 13.8 Å². The molecular formula is C30H40O5. The Kier molecular flexibility index (Phi) is 6.82. The van der Waals surface area contributed by atoms with E-state index in [4.69, 9.17) is 14.2 Å². The Bertz CT molecular complexity index is 951. The summed E-state index contributed by atoms with van der Waals surface area (Å²) < 4.78 is 19.6. The standard InChI is InChI=1S/C30H40O5/c1-4-25(31)33-24-19-30(22-13-9-6-10-14-22)28(27-20(2)15-17-23(27)29(24,3)35-30)34-26(32)18-16-21-11-7-5-8-12-21/h5,7-8,11-12,16,18,20,22-24,27-28H,4,6,9-10,13-15,17,19H2,1-3H3/b18-16+. The average molecular weight is 481 g/mol. The second-order valence-corrected chi connectivity index (χ2v) is 11.5. The van der Waals surface area contributed by atoms with Crippen molar-refractivity contribution in [3.8, 4) is 0 Å². The van der Waals surface area contributed by atoms with Gasteiger partial charge < -0.3 is 14.2 Å². The first-order chi connectivity index (χ1) is 16.9. The van der Waals surface area contributed by atoms with E-state index in [0.29, 0.717) is 24.7 Å². The van der Waals surface area contributed by atoms with Gasteiger partial charge in [0.25, 0.3) is 0 Å². The first kappa shape index (κ1) is 24.5. The van der Waals surface area contributed by atoms with Crippen LogP contribution in [-0.2, 0) is 23.8 Å². The molecule has 5 nitrogen and oxygen atoms in total. The number of hydrogen-bond acceptors (Lipinski definition) is 5. The Morgan fingerprint density at radius 2 is 1.80 bits per heavy atom. The van der Waals surface area contributed by atoms with E-state index in [0.717, 1.165) is 31.2 Å². The summed E-state index contributed by atoms with van der Waals surface area (Å²) in [6, 6.07) is 9.83. The summed E-state index contributed by atoms with van der Waals surface area (Å²) in [6.45, 7) is 6.29. The van der Waals surface area contributed by atoms with Gasteiger partial charge in [0.05, 0.1) is 0 Å². The molecule has 1 aromatic carbocycles. The van der Waals surface area contributed by atoms with Gasteiger partial charge in [0.2, 0.25) is 0 Å². The highest BCUT2D eigenvalue weighted by Gasteiger charge is 2.73. The Hall–Kier alpha value is -2.14. The fourth-order valence-electron chi connectivity index (χ4n) is 7.77. The highest BCUT2D eigenvalue weighted by molar-refractivity contribution is 5.87. The minimum Gasteiger partial charge on any atom is -0.459 e. The van der Waals surface area contributed by atoms with Crippen LogP contribution >= 0.6 is 0 Å². The van der Waals surface area contributed by atoms with E-state index in [1.165, 1.54) is 19.3 Å². The molecule has 35 heavy (non-hydrogen) atoms. The molecule has 0 amide bonds. The predicted octanol–water partition coefficient (Wildman–Crippen LogP) is 6.11. The monoisotopic (exact) mass is 480 g/mol. The molecule has 0 spiro atoms. The summed E-state index contributed by atoms with van der Waals surface area (Å²) in [5, 5.41) is 0. The smallest absolute Gasteiger partial charge is 0.331 e. The van der Waals surface area contributed by atoms with E-state index >= 15 is 0 Å². The van der Waals surface area contributed by atoms with E-state index in [1.54, 1.807) is 6.08 Å². The van der Waals surface area contributed by atoms with Crippen LogP contribution < -0.4 is 0 Å². The maximum atomic E-state index is 13.2. The fourth-order valence-corrected chi connectivity index (χ4v) is 7.77. The minimum atomic E-state index is -0.593. The number of ether oxygens (including phenoxy) is 3. The molecule has 0 radical (unpaired) electrons. The SMILES string of the molecule is CCC(=O)OC1CC2(C3CCCCC3)OC1(C)C1CCC(C)C1C2OC(=O)/C=C/c1ccccc1. The van der Waals surface area contributed by atoms with Gasteiger partial charge in [0.15, 0.2) is 0 Å². The highest BCUT2D eigenvalue weighted by Crippen LogP contribution is 2.64. The Labute approximate surface area is 209 Å². The summed E-state index contributed by atoms with van der Waals surface area (Å²) in [5.41, 5.74) is -0.150. The number of hydrogen-bond donors (Lipinski definition) is 0. The van der Waals surface area contributed by atoms with E-state index in [9.17, 15) is 9.59 Å². The summed E-state index contributed by atoms with van der Waals surface area (Å²) >= 11 is 0. The van der Waals surface area contributed by atoms with Crippen molar-refractivity contribution in [1.82, 2.24) is 0 Å². The van der Waals surface area contributed by atoms with Crippen molar-refractivity contribution in [2.75, 3.05) is 0 Å². The molecular weight excluding hydrogens is 440 g/mol. The third-order valence-electron chi connectivity index (χ3n) is 9.49. The van der Waals surface area contributed by atoms with Crippen LogP contribution in [0.3, 0.4) is 0 Å². The second kappa shape index (κ2) is 9.72. The average Bonchev–Trinajstić information content (AvgIpc) is 3.39. The molecule has 0 aromatic heterocycles. The molecule has 7 unspecified atom stereocenters. The summed E-state index contributed by atoms with van der Waals surface area (Å²) in [5.74, 6) is 0.687. The van der Waals surface area contributed by atoms with Crippen LogP contribution in [-0.4, -0.2) is 35.3 Å². The van der Waals surface area contributed by atoms with Crippen molar-refractivity contribution in [3.63, 3.8) is 0 Å². The molecule has 2 bridgehead atoms. The number of carbonyl (C=O) groups excluding carboxylic acids is 2. The molecule has 7 atom stereocenters. The Balaban J connectivity index is 1.50. The van der Waals surface area contributed by atoms with Gasteiger partial charge in [-0.1, -0.05) is 63.4 Å². The Morgan fingerprint density at radius 3 is 2.51 bits per heavy atom. The highest BCUT2D eigenvalue weighted by atomic mass is 16.6. The lowest BCUT2D eigenvalue weighted by molar-refractivity contribution is -0.270. The third-order valence-corrected chi connectivity index (χ3v) is 9.49. The summed E-state index contributed by atoms with van der Waals surface area (Å²) in [7, 11) is 0. The van der Waals surface area contributed by atoms with E-state index < -0.39 is 11.2 Å². The van der Waals surface area contributed by atoms with Crippen molar-refractivity contribution in [3.05, 3.63) is 42.0 Å². The van der Waals surface area contributed by atoms with Crippen LogP contribution in [0.5, 0.6) is 0 Å². The molecule has 2 heterocycles. The number of fused-ring (bicyclic) bond motifs is 4. The van der Waals surface area contributed by atoms with Crippen LogP contribution in [0.4, 0.5) is 0 Å². The molecule has 0 N–H and O–H groups in total. The molecule has 5 heteroatoms. The molecule has 190 valence electrons. The van der Waals surface area contributed by atoms with Crippen LogP contribution in [0.1, 0.15) is 84.1 Å². The van der Waals surface area contributed by atoms with E-state index in [-0.39, 0.29) is 36.0 Å². The van der Waals surface area contributed by atoms with Crippen molar-refractivity contribution in [1.29, 1.82) is 0 Å². The maximum absolute atomic E-state index is 13.2. The van der Waals surface area contributed by atoms with Crippen LogP contribution in [0.15, 0.2) is 36.4 Å². The van der Waals surface area contributed by atoms with Crippen molar-refractivity contribution >= 4 is 18.0 Å². The van der Waals surface area contributed by atoms with Gasteiger partial charge in [0.1, 0.15) is 23.4 Å². The van der Waals surface area contributed by atoms with Gasteiger partial charge in [-0.05, 0) is 62.0 Å². The number of rotatable bonds is 6. The van der Waals surface area contributed by atoms with Crippen LogP contribution in [0.25, 0.3) is 6.08 Å². The second-order valence-electron chi connectivity index (χ2n) is 11.5. The van der Waals surface area contributed by atoms with E-state index in [1.807, 2.05) is 43.3 Å². The zero-order valence-electron chi connectivity index (χ0n) is 21.4. The molecule has 5 rings (SSSR count). The maximum Gasteiger partial charge on any atom is 0.331 e. The van der Waals surface area contributed by atoms with Crippen LogP contribution in [0, 0.1) is 23.7 Å². The first-order valence-electron chi connectivity index (χ1n) is 13.7. The number of carbonyl (C=O) groups is 2. The van der Waals surface area contributed by atoms with Gasteiger partial charge in [0, 0.05) is 24.8 Å². The molecule has 2 saturated heterocycles. The zero-order valence-corrected chi connectivity index (χ0v) is 21.4. The molecule has 1 aromatic rings. The third kappa shape index (κ3) is 4.34. The fraction of sp³-hybridized carbons (Fsp3) is 0.667. The van der Waals surface area contributed by atoms with Gasteiger partial charge in [-0.3, -0.25) is 4.79 Å². The quantitative estimate of drug-likeness (QED) is 0.363. The van der Waals surface area contributed by atoms with Gasteiger partial charge in [-0.15, -0.1) is 0 Å². The number of esters is 2.